The highest BCUT2D eigenvalue weighted by Crippen LogP contribution is 2.04. The van der Waals surface area contributed by atoms with Crippen molar-refractivity contribution in [3.63, 3.8) is 0 Å². The van der Waals surface area contributed by atoms with Crippen LogP contribution in [0.25, 0.3) is 0 Å². The first-order valence-electron chi connectivity index (χ1n) is 7.50. The van der Waals surface area contributed by atoms with Crippen LogP contribution >= 0.6 is 24.0 Å². The van der Waals surface area contributed by atoms with E-state index in [2.05, 4.69) is 38.2 Å². The normalized spacial score (nSPS) is 10.8. The van der Waals surface area contributed by atoms with Gasteiger partial charge in [-0.2, -0.15) is 5.10 Å². The van der Waals surface area contributed by atoms with Crippen molar-refractivity contribution in [1.82, 2.24) is 20.4 Å². The summed E-state index contributed by atoms with van der Waals surface area (Å²) >= 11 is 0. The van der Waals surface area contributed by atoms with Crippen LogP contribution in [0.5, 0.6) is 0 Å². The lowest BCUT2D eigenvalue weighted by Crippen LogP contribution is -2.38. The Morgan fingerprint density at radius 3 is 2.57 bits per heavy atom. The van der Waals surface area contributed by atoms with Gasteiger partial charge in [0, 0.05) is 39.1 Å². The minimum absolute atomic E-state index is 0. The molecule has 6 nitrogen and oxygen atoms in total. The molecule has 23 heavy (non-hydrogen) atoms. The van der Waals surface area contributed by atoms with E-state index in [1.807, 2.05) is 36.0 Å². The number of hydrogen-bond acceptors (Lipinski definition) is 3. The molecule has 1 aromatic heterocycles. The number of anilines is 1. The number of rotatable bonds is 7. The van der Waals surface area contributed by atoms with Gasteiger partial charge in [0.2, 0.25) is 0 Å². The van der Waals surface area contributed by atoms with Crippen LogP contribution in [0.3, 0.4) is 0 Å². The van der Waals surface area contributed by atoms with Gasteiger partial charge in [-0.3, -0.25) is 9.67 Å². The summed E-state index contributed by atoms with van der Waals surface area (Å²) in [6.45, 7) is 2.50. The molecule has 0 atom stereocenters. The van der Waals surface area contributed by atoms with E-state index in [1.54, 1.807) is 13.2 Å². The second-order valence-electron chi connectivity index (χ2n) is 4.95. The first-order chi connectivity index (χ1) is 10.8. The highest BCUT2D eigenvalue weighted by atomic mass is 127. The highest BCUT2D eigenvalue weighted by Gasteiger charge is 2.00. The van der Waals surface area contributed by atoms with Crippen molar-refractivity contribution in [3.8, 4) is 0 Å². The van der Waals surface area contributed by atoms with E-state index in [1.165, 1.54) is 0 Å². The standard InChI is InChI=1S/C16H24N6.HI/c1-17-16(20-13-15-9-12-21-22(15)2)19-11-6-10-18-14-7-4-3-5-8-14;/h3-5,7-9,12,18H,6,10-11,13H2,1-2H3,(H2,17,19,20);1H. The van der Waals surface area contributed by atoms with Crippen molar-refractivity contribution in [3.05, 3.63) is 48.3 Å². The largest absolute Gasteiger partial charge is 0.385 e. The molecular weight excluding hydrogens is 403 g/mol. The van der Waals surface area contributed by atoms with Gasteiger partial charge in [0.25, 0.3) is 0 Å². The summed E-state index contributed by atoms with van der Waals surface area (Å²) in [5.74, 6) is 0.806. The van der Waals surface area contributed by atoms with Crippen LogP contribution in [-0.2, 0) is 13.6 Å². The molecule has 0 saturated carbocycles. The third-order valence-electron chi connectivity index (χ3n) is 3.33. The molecule has 0 aliphatic carbocycles. The molecular formula is C16H25IN6. The Hall–Kier alpha value is -1.77. The zero-order valence-corrected chi connectivity index (χ0v) is 16.0. The van der Waals surface area contributed by atoms with Gasteiger partial charge in [-0.1, -0.05) is 18.2 Å². The van der Waals surface area contributed by atoms with Gasteiger partial charge in [0.05, 0.1) is 12.2 Å². The average molecular weight is 428 g/mol. The number of hydrogen-bond donors (Lipinski definition) is 3. The lowest BCUT2D eigenvalue weighted by Gasteiger charge is -2.12. The van der Waals surface area contributed by atoms with Gasteiger partial charge < -0.3 is 16.0 Å². The number of benzene rings is 1. The first-order valence-corrected chi connectivity index (χ1v) is 7.50. The first kappa shape index (κ1) is 19.3. The topological polar surface area (TPSA) is 66.3 Å². The van der Waals surface area contributed by atoms with Crippen LogP contribution in [0.4, 0.5) is 5.69 Å². The Bertz CT molecular complexity index is 581. The molecule has 1 aromatic carbocycles. The molecule has 3 N–H and O–H groups in total. The van der Waals surface area contributed by atoms with Crippen LogP contribution in [0.2, 0.25) is 0 Å². The maximum absolute atomic E-state index is 4.22. The molecule has 0 fully saturated rings. The van der Waals surface area contributed by atoms with Crippen molar-refractivity contribution < 1.29 is 0 Å². The number of halogens is 1. The lowest BCUT2D eigenvalue weighted by molar-refractivity contribution is 0.682. The number of nitrogens with one attached hydrogen (secondary N) is 3. The maximum Gasteiger partial charge on any atom is 0.191 e. The van der Waals surface area contributed by atoms with Crippen LogP contribution < -0.4 is 16.0 Å². The summed E-state index contributed by atoms with van der Waals surface area (Å²) in [6, 6.07) is 12.2. The summed E-state index contributed by atoms with van der Waals surface area (Å²) in [7, 11) is 3.71. The van der Waals surface area contributed by atoms with E-state index in [0.29, 0.717) is 6.54 Å². The molecule has 0 aliphatic heterocycles. The summed E-state index contributed by atoms with van der Waals surface area (Å²) < 4.78 is 1.85. The molecule has 7 heteroatoms. The van der Waals surface area contributed by atoms with E-state index in [-0.39, 0.29) is 24.0 Å². The SMILES string of the molecule is CN=C(NCCCNc1ccccc1)NCc1ccnn1C.I. The quantitative estimate of drug-likeness (QED) is 0.274. The van der Waals surface area contributed by atoms with Gasteiger partial charge in [-0.15, -0.1) is 24.0 Å². The van der Waals surface area contributed by atoms with E-state index in [9.17, 15) is 0 Å². The summed E-state index contributed by atoms with van der Waals surface area (Å²) in [4.78, 5) is 4.22. The Morgan fingerprint density at radius 2 is 1.91 bits per heavy atom. The highest BCUT2D eigenvalue weighted by molar-refractivity contribution is 14.0. The second kappa shape index (κ2) is 10.9. The zero-order chi connectivity index (χ0) is 15.6. The molecule has 0 radical (unpaired) electrons. The van der Waals surface area contributed by atoms with Crippen LogP contribution in [-0.4, -0.2) is 35.9 Å². The van der Waals surface area contributed by atoms with Crippen molar-refractivity contribution in [2.24, 2.45) is 12.0 Å². The Labute approximate surface area is 154 Å². The smallest absolute Gasteiger partial charge is 0.191 e. The molecule has 1 heterocycles. The number of aryl methyl sites for hydroxylation is 1. The van der Waals surface area contributed by atoms with Crippen molar-refractivity contribution in [2.45, 2.75) is 13.0 Å². The van der Waals surface area contributed by atoms with Crippen LogP contribution in [0, 0.1) is 0 Å². The number of nitrogens with zero attached hydrogens (tertiary/aromatic N) is 3. The third kappa shape index (κ3) is 6.89. The lowest BCUT2D eigenvalue weighted by atomic mass is 10.3. The number of aliphatic imine (C=N–C) groups is 1. The summed E-state index contributed by atoms with van der Waals surface area (Å²) in [5.41, 5.74) is 2.27. The Balaban J connectivity index is 0.00000264. The molecule has 2 aromatic rings. The van der Waals surface area contributed by atoms with Crippen molar-refractivity contribution in [2.75, 3.05) is 25.5 Å². The van der Waals surface area contributed by atoms with E-state index >= 15 is 0 Å². The minimum atomic E-state index is 0. The van der Waals surface area contributed by atoms with Gasteiger partial charge in [0.15, 0.2) is 5.96 Å². The summed E-state index contributed by atoms with van der Waals surface area (Å²) in [5, 5.41) is 14.1. The Kier molecular flexibility index (Phi) is 9.11. The minimum Gasteiger partial charge on any atom is -0.385 e. The van der Waals surface area contributed by atoms with Gasteiger partial charge in [0.1, 0.15) is 0 Å². The number of guanidine groups is 1. The van der Waals surface area contributed by atoms with Gasteiger partial charge >= 0.3 is 0 Å². The van der Waals surface area contributed by atoms with Crippen molar-refractivity contribution >= 4 is 35.6 Å². The number of aromatic nitrogens is 2. The summed E-state index contributed by atoms with van der Waals surface area (Å²) in [6.07, 6.45) is 2.81. The number of para-hydroxylation sites is 1. The molecule has 0 unspecified atom stereocenters. The predicted octanol–water partition coefficient (Wildman–Crippen LogP) is 2.21. The molecule has 126 valence electrons. The fourth-order valence-electron chi connectivity index (χ4n) is 2.05. The maximum atomic E-state index is 4.22. The molecule has 0 bridgehead atoms. The fraction of sp³-hybridized carbons (Fsp3) is 0.375. The molecule has 2 rings (SSSR count). The zero-order valence-electron chi connectivity index (χ0n) is 13.6. The van der Waals surface area contributed by atoms with Crippen molar-refractivity contribution in [1.29, 1.82) is 0 Å². The molecule has 0 amide bonds. The fourth-order valence-corrected chi connectivity index (χ4v) is 2.05. The molecule has 0 aliphatic rings. The second-order valence-corrected chi connectivity index (χ2v) is 4.95. The van der Waals surface area contributed by atoms with E-state index in [0.717, 1.165) is 36.9 Å². The molecule has 0 spiro atoms. The van der Waals surface area contributed by atoms with Gasteiger partial charge in [-0.25, -0.2) is 0 Å². The van der Waals surface area contributed by atoms with E-state index < -0.39 is 0 Å². The predicted molar refractivity (Wildman–Crippen MR) is 106 cm³/mol. The Morgan fingerprint density at radius 1 is 1.13 bits per heavy atom. The monoisotopic (exact) mass is 428 g/mol. The van der Waals surface area contributed by atoms with Crippen LogP contribution in [0.15, 0.2) is 47.6 Å². The third-order valence-corrected chi connectivity index (χ3v) is 3.33. The van der Waals surface area contributed by atoms with Crippen LogP contribution in [0.1, 0.15) is 12.1 Å². The molecule has 0 saturated heterocycles. The van der Waals surface area contributed by atoms with E-state index in [4.69, 9.17) is 0 Å². The average Bonchev–Trinajstić information content (AvgIpc) is 2.96. The van der Waals surface area contributed by atoms with Gasteiger partial charge in [-0.05, 0) is 24.6 Å².